The predicted octanol–water partition coefficient (Wildman–Crippen LogP) is 3.82. The summed E-state index contributed by atoms with van der Waals surface area (Å²) in [5.41, 5.74) is 2.24. The highest BCUT2D eigenvalue weighted by Crippen LogP contribution is 2.35. The lowest BCUT2D eigenvalue weighted by atomic mass is 10.1. The topological polar surface area (TPSA) is 95.3 Å². The molecule has 0 unspecified atom stereocenters. The lowest BCUT2D eigenvalue weighted by molar-refractivity contribution is 0.173. The van der Waals surface area contributed by atoms with Crippen LogP contribution < -0.4 is 24.3 Å². The Bertz CT molecular complexity index is 1100. The van der Waals surface area contributed by atoms with Crippen molar-refractivity contribution in [2.24, 2.45) is 0 Å². The van der Waals surface area contributed by atoms with Gasteiger partial charge in [-0.2, -0.15) is 0 Å². The zero-order valence-electron chi connectivity index (χ0n) is 18.2. The first kappa shape index (κ1) is 21.4. The minimum atomic E-state index is -0.200. The van der Waals surface area contributed by atoms with E-state index >= 15 is 0 Å². The number of hydrogen-bond donors (Lipinski definition) is 1. The number of nitrogens with zero attached hydrogens (tertiary/aromatic N) is 2. The second-order valence-corrected chi connectivity index (χ2v) is 7.13. The molecule has 32 heavy (non-hydrogen) atoms. The zero-order chi connectivity index (χ0) is 22.5. The van der Waals surface area contributed by atoms with Crippen molar-refractivity contribution in [1.82, 2.24) is 15.4 Å². The molecule has 3 aromatic rings. The van der Waals surface area contributed by atoms with Crippen LogP contribution in [0.1, 0.15) is 18.2 Å². The number of urea groups is 1. The van der Waals surface area contributed by atoms with E-state index in [0.29, 0.717) is 53.1 Å². The third-order valence-electron chi connectivity index (χ3n) is 5.01. The van der Waals surface area contributed by atoms with Crippen molar-refractivity contribution >= 4 is 6.03 Å². The Kier molecular flexibility index (Phi) is 6.34. The van der Waals surface area contributed by atoms with E-state index in [1.165, 1.54) is 0 Å². The Balaban J connectivity index is 1.56. The van der Waals surface area contributed by atoms with E-state index in [1.54, 1.807) is 31.3 Å². The molecule has 0 aliphatic carbocycles. The van der Waals surface area contributed by atoms with E-state index in [4.69, 9.17) is 23.5 Å². The van der Waals surface area contributed by atoms with Gasteiger partial charge >= 0.3 is 6.03 Å². The van der Waals surface area contributed by atoms with Crippen LogP contribution in [0, 0.1) is 0 Å². The molecule has 0 saturated heterocycles. The first-order chi connectivity index (χ1) is 15.6. The number of amides is 2. The monoisotopic (exact) mass is 439 g/mol. The number of ether oxygens (including phenoxy) is 4. The molecule has 1 aromatic heterocycles. The van der Waals surface area contributed by atoms with Crippen molar-refractivity contribution in [3.8, 4) is 34.3 Å². The molecule has 0 bridgehead atoms. The van der Waals surface area contributed by atoms with Gasteiger partial charge in [0.15, 0.2) is 17.3 Å². The van der Waals surface area contributed by atoms with Crippen LogP contribution in [-0.2, 0) is 13.1 Å². The summed E-state index contributed by atoms with van der Waals surface area (Å²) >= 11 is 0. The molecule has 2 heterocycles. The van der Waals surface area contributed by atoms with Gasteiger partial charge < -0.3 is 33.7 Å². The molecule has 0 fully saturated rings. The SMILES string of the molecule is CCNC(=O)N(Cc1ccc2c(c1)OCO2)Cc1cc(-c2cc(OC)ccc2OC)on1. The summed E-state index contributed by atoms with van der Waals surface area (Å²) in [6.07, 6.45) is 0. The summed E-state index contributed by atoms with van der Waals surface area (Å²) in [6.45, 7) is 3.22. The molecule has 168 valence electrons. The summed E-state index contributed by atoms with van der Waals surface area (Å²) in [7, 11) is 3.18. The van der Waals surface area contributed by atoms with E-state index in [-0.39, 0.29) is 19.4 Å². The van der Waals surface area contributed by atoms with Gasteiger partial charge in [-0.25, -0.2) is 4.79 Å². The molecule has 0 saturated carbocycles. The van der Waals surface area contributed by atoms with Crippen molar-refractivity contribution in [3.05, 3.63) is 53.7 Å². The molecular weight excluding hydrogens is 414 g/mol. The Morgan fingerprint density at radius 1 is 1.06 bits per heavy atom. The van der Waals surface area contributed by atoms with Gasteiger partial charge in [0.2, 0.25) is 6.79 Å². The van der Waals surface area contributed by atoms with Gasteiger partial charge in [0.05, 0.1) is 26.3 Å². The maximum atomic E-state index is 12.7. The zero-order valence-corrected chi connectivity index (χ0v) is 18.2. The van der Waals surface area contributed by atoms with Crippen LogP contribution in [0.4, 0.5) is 4.79 Å². The molecule has 9 heteroatoms. The van der Waals surface area contributed by atoms with Gasteiger partial charge in [-0.15, -0.1) is 0 Å². The van der Waals surface area contributed by atoms with Gasteiger partial charge in [-0.3, -0.25) is 0 Å². The highest BCUT2D eigenvalue weighted by atomic mass is 16.7. The van der Waals surface area contributed by atoms with Gasteiger partial charge in [0.25, 0.3) is 0 Å². The average molecular weight is 439 g/mol. The second-order valence-electron chi connectivity index (χ2n) is 7.13. The minimum Gasteiger partial charge on any atom is -0.497 e. The summed E-state index contributed by atoms with van der Waals surface area (Å²) in [5, 5.41) is 7.01. The molecule has 1 aliphatic heterocycles. The lowest BCUT2D eigenvalue weighted by Gasteiger charge is -2.22. The number of aromatic nitrogens is 1. The summed E-state index contributed by atoms with van der Waals surface area (Å²) in [4.78, 5) is 14.4. The van der Waals surface area contributed by atoms with Crippen molar-refractivity contribution in [1.29, 1.82) is 0 Å². The number of carbonyl (C=O) groups is 1. The molecular formula is C23H25N3O6. The molecule has 0 radical (unpaired) electrons. The number of hydrogen-bond acceptors (Lipinski definition) is 7. The van der Waals surface area contributed by atoms with Crippen molar-refractivity contribution in [3.63, 3.8) is 0 Å². The van der Waals surface area contributed by atoms with Crippen molar-refractivity contribution < 1.29 is 28.3 Å². The second kappa shape index (κ2) is 9.51. The van der Waals surface area contributed by atoms with Gasteiger partial charge in [0, 0.05) is 19.2 Å². The van der Waals surface area contributed by atoms with E-state index in [2.05, 4.69) is 10.5 Å². The Morgan fingerprint density at radius 2 is 1.91 bits per heavy atom. The highest BCUT2D eigenvalue weighted by Gasteiger charge is 2.20. The number of rotatable bonds is 8. The Hall–Kier alpha value is -3.88. The first-order valence-corrected chi connectivity index (χ1v) is 10.2. The van der Waals surface area contributed by atoms with Gasteiger partial charge in [-0.05, 0) is 42.8 Å². The van der Waals surface area contributed by atoms with Crippen LogP contribution in [-0.4, -0.2) is 43.6 Å². The van der Waals surface area contributed by atoms with Crippen molar-refractivity contribution in [2.75, 3.05) is 27.6 Å². The standard InChI is InChI=1S/C23H25N3O6/c1-4-24-23(27)26(12-15-5-7-20-22(9-15)31-14-30-20)13-16-10-21(32-25-16)18-11-17(28-2)6-8-19(18)29-3/h5-11H,4,12-14H2,1-3H3,(H,24,27). The van der Waals surface area contributed by atoms with Crippen LogP contribution in [0.15, 0.2) is 47.0 Å². The molecule has 1 N–H and O–H groups in total. The maximum Gasteiger partial charge on any atom is 0.318 e. The summed E-state index contributed by atoms with van der Waals surface area (Å²) in [5.74, 6) is 3.20. The number of methoxy groups -OCH3 is 2. The number of carbonyl (C=O) groups excluding carboxylic acids is 1. The molecule has 9 nitrogen and oxygen atoms in total. The summed E-state index contributed by atoms with van der Waals surface area (Å²) < 4.78 is 27.1. The average Bonchev–Trinajstić information content (AvgIpc) is 3.47. The Labute approximate surface area is 185 Å². The Morgan fingerprint density at radius 3 is 2.69 bits per heavy atom. The van der Waals surface area contributed by atoms with Crippen LogP contribution in [0.2, 0.25) is 0 Å². The van der Waals surface area contributed by atoms with Crippen LogP contribution >= 0.6 is 0 Å². The molecule has 1 aliphatic rings. The fraction of sp³-hybridized carbons (Fsp3) is 0.304. The number of nitrogens with one attached hydrogen (secondary N) is 1. The molecule has 4 rings (SSSR count). The highest BCUT2D eigenvalue weighted by molar-refractivity contribution is 5.74. The van der Waals surface area contributed by atoms with Crippen molar-refractivity contribution in [2.45, 2.75) is 20.0 Å². The largest absolute Gasteiger partial charge is 0.497 e. The quantitative estimate of drug-likeness (QED) is 0.570. The van der Waals surface area contributed by atoms with Crippen LogP contribution in [0.25, 0.3) is 11.3 Å². The van der Waals surface area contributed by atoms with E-state index in [9.17, 15) is 4.79 Å². The first-order valence-electron chi connectivity index (χ1n) is 10.2. The fourth-order valence-corrected chi connectivity index (χ4v) is 3.44. The van der Waals surface area contributed by atoms with Gasteiger partial charge in [0.1, 0.15) is 17.2 Å². The molecule has 2 aromatic carbocycles. The normalized spacial score (nSPS) is 11.8. The third kappa shape index (κ3) is 4.56. The number of benzene rings is 2. The lowest BCUT2D eigenvalue weighted by Crippen LogP contribution is -2.39. The molecule has 0 atom stereocenters. The molecule has 0 spiro atoms. The number of fused-ring (bicyclic) bond motifs is 1. The van der Waals surface area contributed by atoms with Crippen LogP contribution in [0.3, 0.4) is 0 Å². The summed E-state index contributed by atoms with van der Waals surface area (Å²) in [6, 6.07) is 12.7. The van der Waals surface area contributed by atoms with Gasteiger partial charge in [-0.1, -0.05) is 11.2 Å². The van der Waals surface area contributed by atoms with E-state index < -0.39 is 0 Å². The molecule has 2 amide bonds. The third-order valence-corrected chi connectivity index (χ3v) is 5.01. The predicted molar refractivity (Wildman–Crippen MR) is 116 cm³/mol. The van der Waals surface area contributed by atoms with Crippen LogP contribution in [0.5, 0.6) is 23.0 Å². The van der Waals surface area contributed by atoms with E-state index in [0.717, 1.165) is 5.56 Å². The van der Waals surface area contributed by atoms with E-state index in [1.807, 2.05) is 37.3 Å². The maximum absolute atomic E-state index is 12.7. The fourth-order valence-electron chi connectivity index (χ4n) is 3.44. The smallest absolute Gasteiger partial charge is 0.318 e. The minimum absolute atomic E-state index is 0.200.